The number of fused-ring (bicyclic) bond motifs is 2. The van der Waals surface area contributed by atoms with E-state index in [1.54, 1.807) is 6.07 Å². The lowest BCUT2D eigenvalue weighted by Gasteiger charge is -2.45. The zero-order chi connectivity index (χ0) is 26.8. The first-order chi connectivity index (χ1) is 19.0. The van der Waals surface area contributed by atoms with Gasteiger partial charge in [0, 0.05) is 25.0 Å². The number of halogens is 1. The predicted molar refractivity (Wildman–Crippen MR) is 146 cm³/mol. The van der Waals surface area contributed by atoms with Gasteiger partial charge in [-0.05, 0) is 78.8 Å². The number of piperidine rings is 1. The maximum atomic E-state index is 15.2. The van der Waals surface area contributed by atoms with E-state index in [1.807, 2.05) is 6.07 Å². The van der Waals surface area contributed by atoms with Crippen molar-refractivity contribution in [3.63, 3.8) is 0 Å². The fourth-order valence-corrected chi connectivity index (χ4v) is 6.22. The van der Waals surface area contributed by atoms with E-state index in [0.29, 0.717) is 24.8 Å². The van der Waals surface area contributed by atoms with Crippen LogP contribution in [0.3, 0.4) is 0 Å². The normalized spacial score (nSPS) is 23.4. The summed E-state index contributed by atoms with van der Waals surface area (Å²) in [6.45, 7) is 5.57. The van der Waals surface area contributed by atoms with Crippen LogP contribution in [-0.4, -0.2) is 75.0 Å². The molecule has 0 unspecified atom stereocenters. The minimum absolute atomic E-state index is 0.0912. The number of carbonyl (C=O) groups excluding carboxylic acids is 1. The molecule has 3 fully saturated rings. The number of amides is 1. The summed E-state index contributed by atoms with van der Waals surface area (Å²) < 4.78 is 26.1. The lowest BCUT2D eigenvalue weighted by molar-refractivity contribution is -0.132. The van der Waals surface area contributed by atoms with E-state index in [9.17, 15) is 10.1 Å². The topological polar surface area (TPSA) is 86.6 Å². The summed E-state index contributed by atoms with van der Waals surface area (Å²) in [5.41, 5.74) is 4.83. The quantitative estimate of drug-likeness (QED) is 0.597. The van der Waals surface area contributed by atoms with Crippen molar-refractivity contribution in [1.29, 1.82) is 5.26 Å². The molecule has 3 heterocycles. The molecule has 2 N–H and O–H groups in total. The lowest BCUT2D eigenvalue weighted by Crippen LogP contribution is -2.53. The standard InChI is InChI=1S/C31H35FN4O3/c32-28-16-22(2-3-24(28)15-25(17-33)35-30(37)29-18-34-10-1-13-39-29)21-4-5-27-23(14-21)6-7-31(27)8-11-36(12-9-31)26-19-38-20-26/h2-7,14,16,25-26,29,34H,1,8-13,15,18-20H2,(H,35,37)/t25-,29-/m0/s1. The first-order valence-corrected chi connectivity index (χ1v) is 14.0. The first kappa shape index (κ1) is 26.1. The van der Waals surface area contributed by atoms with Gasteiger partial charge in [-0.2, -0.15) is 5.26 Å². The van der Waals surface area contributed by atoms with Gasteiger partial charge in [-0.15, -0.1) is 0 Å². The monoisotopic (exact) mass is 530 g/mol. The van der Waals surface area contributed by atoms with Gasteiger partial charge in [0.05, 0.1) is 25.3 Å². The van der Waals surface area contributed by atoms with Gasteiger partial charge in [0.15, 0.2) is 0 Å². The maximum absolute atomic E-state index is 15.2. The Hall–Kier alpha value is -3.09. The number of hydrogen-bond acceptors (Lipinski definition) is 6. The molecule has 8 heteroatoms. The summed E-state index contributed by atoms with van der Waals surface area (Å²) >= 11 is 0. The first-order valence-electron chi connectivity index (χ1n) is 14.0. The molecule has 0 saturated carbocycles. The summed E-state index contributed by atoms with van der Waals surface area (Å²) in [6, 6.07) is 13.4. The Morgan fingerprint density at radius 2 is 2.00 bits per heavy atom. The second-order valence-electron chi connectivity index (χ2n) is 11.1. The van der Waals surface area contributed by atoms with Gasteiger partial charge in [-0.1, -0.05) is 36.4 Å². The Morgan fingerprint density at radius 1 is 1.21 bits per heavy atom. The third-order valence-electron chi connectivity index (χ3n) is 8.72. The summed E-state index contributed by atoms with van der Waals surface area (Å²) in [7, 11) is 0. The number of rotatable bonds is 6. The molecule has 7 nitrogen and oxygen atoms in total. The van der Waals surface area contributed by atoms with Gasteiger partial charge in [-0.25, -0.2) is 4.39 Å². The summed E-state index contributed by atoms with van der Waals surface area (Å²) in [5, 5.41) is 15.5. The van der Waals surface area contributed by atoms with E-state index in [-0.39, 0.29) is 23.6 Å². The summed E-state index contributed by atoms with van der Waals surface area (Å²) in [4.78, 5) is 15.1. The molecule has 2 aromatic rings. The number of nitrogens with zero attached hydrogens (tertiary/aromatic N) is 2. The van der Waals surface area contributed by atoms with Crippen LogP contribution in [0.1, 0.15) is 36.0 Å². The van der Waals surface area contributed by atoms with Crippen molar-refractivity contribution in [3.8, 4) is 17.2 Å². The van der Waals surface area contributed by atoms with E-state index >= 15 is 4.39 Å². The van der Waals surface area contributed by atoms with Gasteiger partial charge >= 0.3 is 0 Å². The van der Waals surface area contributed by atoms with Crippen LogP contribution in [0.25, 0.3) is 17.2 Å². The molecule has 1 spiro atoms. The number of carbonyl (C=O) groups is 1. The van der Waals surface area contributed by atoms with E-state index in [0.717, 1.165) is 63.2 Å². The maximum Gasteiger partial charge on any atom is 0.251 e. The molecule has 0 radical (unpaired) electrons. The highest BCUT2D eigenvalue weighted by Crippen LogP contribution is 2.45. The van der Waals surface area contributed by atoms with Crippen molar-refractivity contribution in [2.24, 2.45) is 0 Å². The Labute approximate surface area is 229 Å². The Balaban J connectivity index is 1.11. The van der Waals surface area contributed by atoms with Crippen molar-refractivity contribution in [2.75, 3.05) is 46.0 Å². The van der Waals surface area contributed by atoms with Gasteiger partial charge in [0.1, 0.15) is 18.0 Å². The molecule has 0 aromatic heterocycles. The van der Waals surface area contributed by atoms with Crippen molar-refractivity contribution in [2.45, 2.75) is 49.3 Å². The van der Waals surface area contributed by atoms with Crippen LogP contribution in [0.2, 0.25) is 0 Å². The van der Waals surface area contributed by atoms with E-state index in [1.165, 1.54) is 17.2 Å². The summed E-state index contributed by atoms with van der Waals surface area (Å²) in [6.07, 6.45) is 7.08. The van der Waals surface area contributed by atoms with Crippen LogP contribution < -0.4 is 10.6 Å². The van der Waals surface area contributed by atoms with Crippen LogP contribution in [0.4, 0.5) is 4.39 Å². The second-order valence-corrected chi connectivity index (χ2v) is 11.1. The Kier molecular flexibility index (Phi) is 7.50. The highest BCUT2D eigenvalue weighted by Gasteiger charge is 2.40. The van der Waals surface area contributed by atoms with Gasteiger partial charge in [-0.3, -0.25) is 9.69 Å². The van der Waals surface area contributed by atoms with Crippen LogP contribution in [-0.2, 0) is 26.1 Å². The van der Waals surface area contributed by atoms with Crippen molar-refractivity contribution in [3.05, 3.63) is 65.0 Å². The van der Waals surface area contributed by atoms with E-state index in [4.69, 9.17) is 9.47 Å². The fourth-order valence-electron chi connectivity index (χ4n) is 6.22. The summed E-state index contributed by atoms with van der Waals surface area (Å²) in [5.74, 6) is -0.728. The zero-order valence-corrected chi connectivity index (χ0v) is 22.1. The van der Waals surface area contributed by atoms with Gasteiger partial charge in [0.25, 0.3) is 5.91 Å². The molecule has 39 heavy (non-hydrogen) atoms. The van der Waals surface area contributed by atoms with Gasteiger partial charge in [0.2, 0.25) is 0 Å². The van der Waals surface area contributed by atoms with E-state index < -0.39 is 12.1 Å². The third kappa shape index (κ3) is 5.37. The number of nitriles is 1. The molecule has 1 aliphatic carbocycles. The Bertz CT molecular complexity index is 1290. The molecule has 3 aliphatic heterocycles. The zero-order valence-electron chi connectivity index (χ0n) is 22.1. The number of ether oxygens (including phenoxy) is 2. The predicted octanol–water partition coefficient (Wildman–Crippen LogP) is 3.18. The highest BCUT2D eigenvalue weighted by atomic mass is 19.1. The van der Waals surface area contributed by atoms with Crippen LogP contribution in [0, 0.1) is 17.1 Å². The number of benzene rings is 2. The lowest BCUT2D eigenvalue weighted by atomic mass is 9.74. The molecule has 6 rings (SSSR count). The Morgan fingerprint density at radius 3 is 2.74 bits per heavy atom. The van der Waals surface area contributed by atoms with Crippen LogP contribution in [0.15, 0.2) is 42.5 Å². The molecule has 0 bridgehead atoms. The van der Waals surface area contributed by atoms with Crippen molar-refractivity contribution < 1.29 is 18.7 Å². The average Bonchev–Trinajstić information content (AvgIpc) is 3.08. The molecule has 1 amide bonds. The number of allylic oxidation sites excluding steroid dienone is 1. The SMILES string of the molecule is N#C[C@H](Cc1ccc(-c2ccc3c(c2)C=CC32CCN(C3COC3)CC2)cc1F)NC(=O)[C@@H]1CNCCCO1. The number of likely N-dealkylation sites (tertiary alicyclic amines) is 1. The minimum atomic E-state index is -0.839. The molecule has 204 valence electrons. The molecule has 4 aliphatic rings. The smallest absolute Gasteiger partial charge is 0.251 e. The number of hydrogen-bond donors (Lipinski definition) is 2. The highest BCUT2D eigenvalue weighted by molar-refractivity contribution is 5.81. The van der Waals surface area contributed by atoms with E-state index in [2.05, 4.69) is 52.0 Å². The second kappa shape index (κ2) is 11.2. The largest absolute Gasteiger partial charge is 0.378 e. The minimum Gasteiger partial charge on any atom is -0.378 e. The fraction of sp³-hybridized carbons (Fsp3) is 0.484. The van der Waals surface area contributed by atoms with Gasteiger partial charge < -0.3 is 20.1 Å². The molecule has 2 aromatic carbocycles. The average molecular weight is 531 g/mol. The molecular weight excluding hydrogens is 495 g/mol. The van der Waals surface area contributed by atoms with Crippen LogP contribution in [0.5, 0.6) is 0 Å². The third-order valence-corrected chi connectivity index (χ3v) is 8.72. The number of nitrogens with one attached hydrogen (secondary N) is 2. The molecule has 3 saturated heterocycles. The molecular formula is C31H35FN4O3. The van der Waals surface area contributed by atoms with Crippen LogP contribution >= 0.6 is 0 Å². The van der Waals surface area contributed by atoms with Crippen molar-refractivity contribution in [1.82, 2.24) is 15.5 Å². The molecule has 2 atom stereocenters. The van der Waals surface area contributed by atoms with Crippen molar-refractivity contribution >= 4 is 12.0 Å².